The van der Waals surface area contributed by atoms with Crippen LogP contribution in [0.2, 0.25) is 0 Å². The minimum atomic E-state index is -4.29. The zero-order valence-corrected chi connectivity index (χ0v) is 21.8. The first kappa shape index (κ1) is 28.3. The number of hydrogen-bond donors (Lipinski definition) is 1. The molecule has 1 atom stereocenters. The average molecular weight is 481 g/mol. The lowest BCUT2D eigenvalue weighted by Crippen LogP contribution is -2.40. The number of halogens is 3. The molecule has 2 aliphatic rings. The minimum absolute atomic E-state index is 0.204. The highest BCUT2D eigenvalue weighted by Crippen LogP contribution is 2.65. The zero-order chi connectivity index (χ0) is 25.9. The molecule has 1 aromatic carbocycles. The highest BCUT2D eigenvalue weighted by molar-refractivity contribution is 5.72. The van der Waals surface area contributed by atoms with Crippen molar-refractivity contribution < 1.29 is 18.0 Å². The van der Waals surface area contributed by atoms with Crippen molar-refractivity contribution >= 4 is 6.03 Å². The zero-order valence-electron chi connectivity index (χ0n) is 21.8. The van der Waals surface area contributed by atoms with E-state index in [1.54, 1.807) is 6.92 Å². The SMILES string of the molecule is C=C(C(CN(CC)C(N)=O)c1ccccc1)C(C)(C)CC(F)(F)F.CC12CCC(CC1)C2(C)C. The monoisotopic (exact) mass is 480 g/mol. The van der Waals surface area contributed by atoms with Crippen LogP contribution >= 0.6 is 0 Å². The van der Waals surface area contributed by atoms with E-state index in [0.29, 0.717) is 22.9 Å². The molecule has 0 heterocycles. The molecule has 1 unspecified atom stereocenters. The molecule has 3 rings (SSSR count). The second-order valence-corrected chi connectivity index (χ2v) is 11.6. The molecule has 2 saturated carbocycles. The van der Waals surface area contributed by atoms with Gasteiger partial charge in [0.15, 0.2) is 0 Å². The molecule has 3 nitrogen and oxygen atoms in total. The van der Waals surface area contributed by atoms with Crippen molar-refractivity contribution in [3.8, 4) is 0 Å². The Kier molecular flexibility index (Phi) is 8.59. The van der Waals surface area contributed by atoms with Crippen molar-refractivity contribution in [3.05, 3.63) is 48.0 Å². The van der Waals surface area contributed by atoms with Gasteiger partial charge in [-0.05, 0) is 60.3 Å². The third-order valence-electron chi connectivity index (χ3n) is 8.90. The number of amides is 2. The standard InChI is InChI=1S/C18H25F3N2O.C10H18/c1-5-23(16(22)24)11-15(14-9-7-6-8-10-14)13(2)17(3,4)12-18(19,20)21;1-9(2)8-4-6-10(9,3)7-5-8/h6-10,15H,2,5,11-12H2,1,3-4H3,(H2,22,24);8H,4-7H2,1-3H3. The van der Waals surface area contributed by atoms with Crippen LogP contribution in [-0.2, 0) is 0 Å². The Labute approximate surface area is 204 Å². The van der Waals surface area contributed by atoms with Gasteiger partial charge in [-0.3, -0.25) is 0 Å². The number of carbonyl (C=O) groups is 1. The van der Waals surface area contributed by atoms with Crippen LogP contribution < -0.4 is 5.73 Å². The third-order valence-corrected chi connectivity index (χ3v) is 8.90. The van der Waals surface area contributed by atoms with E-state index in [-0.39, 0.29) is 6.54 Å². The van der Waals surface area contributed by atoms with E-state index in [2.05, 4.69) is 27.4 Å². The van der Waals surface area contributed by atoms with Crippen LogP contribution in [0, 0.1) is 22.2 Å². The summed E-state index contributed by atoms with van der Waals surface area (Å²) in [6, 6.07) is 8.51. The van der Waals surface area contributed by atoms with E-state index in [1.807, 2.05) is 30.3 Å². The molecule has 0 aliphatic heterocycles. The van der Waals surface area contributed by atoms with Gasteiger partial charge in [0.05, 0.1) is 6.42 Å². The second kappa shape index (κ2) is 10.3. The van der Waals surface area contributed by atoms with Gasteiger partial charge >= 0.3 is 12.2 Å². The van der Waals surface area contributed by atoms with E-state index >= 15 is 0 Å². The van der Waals surface area contributed by atoms with Crippen LogP contribution in [0.5, 0.6) is 0 Å². The third kappa shape index (κ3) is 6.37. The van der Waals surface area contributed by atoms with Gasteiger partial charge in [-0.15, -0.1) is 0 Å². The molecule has 0 saturated heterocycles. The number of fused-ring (bicyclic) bond motifs is 2. The molecule has 2 amide bonds. The number of nitrogens with zero attached hydrogens (tertiary/aromatic N) is 1. The lowest BCUT2D eigenvalue weighted by atomic mass is 9.71. The topological polar surface area (TPSA) is 46.3 Å². The lowest BCUT2D eigenvalue weighted by molar-refractivity contribution is -0.150. The summed E-state index contributed by atoms with van der Waals surface area (Å²) in [5.41, 5.74) is 6.82. The number of rotatable bonds is 7. The predicted molar refractivity (Wildman–Crippen MR) is 133 cm³/mol. The lowest BCUT2D eigenvalue weighted by Gasteiger charge is -2.36. The van der Waals surface area contributed by atoms with Gasteiger partial charge in [-0.1, -0.05) is 77.1 Å². The van der Waals surface area contributed by atoms with Crippen molar-refractivity contribution in [1.29, 1.82) is 0 Å². The molecule has 2 fully saturated rings. The van der Waals surface area contributed by atoms with Crippen molar-refractivity contribution in [2.45, 2.75) is 85.7 Å². The van der Waals surface area contributed by atoms with Crippen molar-refractivity contribution in [1.82, 2.24) is 4.90 Å². The van der Waals surface area contributed by atoms with Gasteiger partial charge in [0, 0.05) is 19.0 Å². The maximum atomic E-state index is 12.9. The Balaban J connectivity index is 0.000000333. The smallest absolute Gasteiger partial charge is 0.351 e. The maximum Gasteiger partial charge on any atom is 0.389 e. The van der Waals surface area contributed by atoms with Crippen molar-refractivity contribution in [2.24, 2.45) is 27.9 Å². The molecular formula is C28H43F3N2O. The number of urea groups is 1. The maximum absolute atomic E-state index is 12.9. The molecule has 192 valence electrons. The number of nitrogens with two attached hydrogens (primary N) is 1. The molecule has 6 heteroatoms. The quantitative estimate of drug-likeness (QED) is 0.396. The van der Waals surface area contributed by atoms with Crippen LogP contribution in [0.3, 0.4) is 0 Å². The van der Waals surface area contributed by atoms with Gasteiger partial charge in [0.25, 0.3) is 0 Å². The van der Waals surface area contributed by atoms with Gasteiger partial charge in [0.1, 0.15) is 0 Å². The molecule has 2 aliphatic carbocycles. The minimum Gasteiger partial charge on any atom is -0.351 e. The normalized spacial score (nSPS) is 24.2. The van der Waals surface area contributed by atoms with E-state index in [1.165, 1.54) is 44.4 Å². The first-order valence-electron chi connectivity index (χ1n) is 12.4. The summed E-state index contributed by atoms with van der Waals surface area (Å²) in [6.45, 7) is 16.8. The van der Waals surface area contributed by atoms with Crippen LogP contribution in [0.4, 0.5) is 18.0 Å². The molecule has 2 bridgehead atoms. The Morgan fingerprint density at radius 2 is 1.68 bits per heavy atom. The number of hydrogen-bond acceptors (Lipinski definition) is 1. The molecule has 0 radical (unpaired) electrons. The predicted octanol–water partition coefficient (Wildman–Crippen LogP) is 7.93. The Hall–Kier alpha value is -1.98. The fourth-order valence-corrected chi connectivity index (χ4v) is 5.90. The van der Waals surface area contributed by atoms with E-state index < -0.39 is 30.0 Å². The van der Waals surface area contributed by atoms with Gasteiger partial charge in [0.2, 0.25) is 0 Å². The highest BCUT2D eigenvalue weighted by atomic mass is 19.4. The molecule has 0 aromatic heterocycles. The van der Waals surface area contributed by atoms with Crippen LogP contribution in [0.15, 0.2) is 42.5 Å². The summed E-state index contributed by atoms with van der Waals surface area (Å²) in [5.74, 6) is 0.633. The Morgan fingerprint density at radius 3 is 2.00 bits per heavy atom. The second-order valence-electron chi connectivity index (χ2n) is 11.6. The van der Waals surface area contributed by atoms with Gasteiger partial charge in [-0.2, -0.15) is 13.2 Å². The number of primary amides is 1. The van der Waals surface area contributed by atoms with Crippen molar-refractivity contribution in [2.75, 3.05) is 13.1 Å². The van der Waals surface area contributed by atoms with Crippen LogP contribution in [0.1, 0.15) is 85.1 Å². The average Bonchev–Trinajstić information content (AvgIpc) is 3.09. The van der Waals surface area contributed by atoms with E-state index in [9.17, 15) is 18.0 Å². The van der Waals surface area contributed by atoms with Crippen LogP contribution in [-0.4, -0.2) is 30.2 Å². The molecule has 0 spiro atoms. The summed E-state index contributed by atoms with van der Waals surface area (Å²) in [5, 5.41) is 0. The first-order chi connectivity index (χ1) is 15.5. The molecule has 2 N–H and O–H groups in total. The summed E-state index contributed by atoms with van der Waals surface area (Å²) in [4.78, 5) is 12.9. The van der Waals surface area contributed by atoms with Gasteiger partial charge in [-0.25, -0.2) is 4.79 Å². The van der Waals surface area contributed by atoms with Gasteiger partial charge < -0.3 is 10.6 Å². The number of carbonyl (C=O) groups excluding carboxylic acids is 1. The van der Waals surface area contributed by atoms with E-state index in [0.717, 1.165) is 11.5 Å². The van der Waals surface area contributed by atoms with Crippen LogP contribution in [0.25, 0.3) is 0 Å². The summed E-state index contributed by atoms with van der Waals surface area (Å²) >= 11 is 0. The van der Waals surface area contributed by atoms with Crippen molar-refractivity contribution in [3.63, 3.8) is 0 Å². The largest absolute Gasteiger partial charge is 0.389 e. The number of alkyl halides is 3. The Bertz CT molecular complexity index is 834. The van der Waals surface area contributed by atoms with E-state index in [4.69, 9.17) is 5.73 Å². The Morgan fingerprint density at radius 1 is 1.15 bits per heavy atom. The number of likely N-dealkylation sites (N-methyl/N-ethyl adjacent to an activating group) is 1. The molecular weight excluding hydrogens is 437 g/mol. The summed E-state index contributed by atoms with van der Waals surface area (Å²) in [7, 11) is 0. The molecule has 1 aromatic rings. The number of benzene rings is 1. The fourth-order valence-electron chi connectivity index (χ4n) is 5.90. The highest BCUT2D eigenvalue weighted by Gasteiger charge is 2.55. The fraction of sp³-hybridized carbons (Fsp3) is 0.679. The summed E-state index contributed by atoms with van der Waals surface area (Å²) < 4.78 is 38.7. The summed E-state index contributed by atoms with van der Waals surface area (Å²) in [6.07, 6.45) is 0.731. The molecule has 34 heavy (non-hydrogen) atoms. The first-order valence-corrected chi connectivity index (χ1v) is 12.4.